The predicted molar refractivity (Wildman–Crippen MR) is 97.0 cm³/mol. The summed E-state index contributed by atoms with van der Waals surface area (Å²) in [5.74, 6) is -3.00. The first-order valence-corrected chi connectivity index (χ1v) is 9.86. The lowest BCUT2D eigenvalue weighted by molar-refractivity contribution is -0.118. The van der Waals surface area contributed by atoms with Crippen LogP contribution in [0.1, 0.15) is 12.0 Å². The molecular formula is C18H16F2N2O5S. The third-order valence-corrected chi connectivity index (χ3v) is 5.90. The van der Waals surface area contributed by atoms with Crippen LogP contribution in [0.5, 0.6) is 5.75 Å². The number of nitrogens with one attached hydrogen (secondary N) is 2. The maximum atomic E-state index is 13.6. The molecule has 28 heavy (non-hydrogen) atoms. The van der Waals surface area contributed by atoms with Gasteiger partial charge in [-0.25, -0.2) is 17.2 Å². The first kappa shape index (κ1) is 19.7. The van der Waals surface area contributed by atoms with E-state index in [9.17, 15) is 26.8 Å². The van der Waals surface area contributed by atoms with Crippen molar-refractivity contribution in [1.82, 2.24) is 0 Å². The highest BCUT2D eigenvalue weighted by Gasteiger charge is 2.24. The van der Waals surface area contributed by atoms with Crippen LogP contribution < -0.4 is 15.4 Å². The molecular weight excluding hydrogens is 394 g/mol. The normalized spacial score (nSPS) is 13.3. The lowest BCUT2D eigenvalue weighted by Crippen LogP contribution is -2.26. The number of rotatable bonds is 5. The van der Waals surface area contributed by atoms with Crippen molar-refractivity contribution in [1.29, 1.82) is 0 Å². The molecule has 2 amide bonds. The standard InChI is InChI=1S/C18H16F2N2O5S/c1-10-6-14-15(27-9-18(24)22-14)8-16(10)28(25,26)5-4-17(23)21-13-7-11(19)2-3-12(13)20/h2-3,6-8H,4-5,9H2,1H3,(H,21,23)(H,22,24). The van der Waals surface area contributed by atoms with Gasteiger partial charge in [0.25, 0.3) is 5.91 Å². The van der Waals surface area contributed by atoms with Crippen molar-refractivity contribution in [3.63, 3.8) is 0 Å². The summed E-state index contributed by atoms with van der Waals surface area (Å²) in [6.07, 6.45) is -0.452. The summed E-state index contributed by atoms with van der Waals surface area (Å²) < 4.78 is 57.2. The molecule has 0 saturated carbocycles. The highest BCUT2D eigenvalue weighted by atomic mass is 32.2. The summed E-state index contributed by atoms with van der Waals surface area (Å²) in [6, 6.07) is 5.34. The number of hydrogen-bond donors (Lipinski definition) is 2. The third-order valence-electron chi connectivity index (χ3n) is 4.05. The molecule has 2 aromatic carbocycles. The second-order valence-corrected chi connectivity index (χ2v) is 8.27. The van der Waals surface area contributed by atoms with E-state index in [2.05, 4.69) is 10.6 Å². The second kappa shape index (κ2) is 7.55. The number of amides is 2. The fourth-order valence-electron chi connectivity index (χ4n) is 2.69. The van der Waals surface area contributed by atoms with Crippen LogP contribution in [0.15, 0.2) is 35.2 Å². The van der Waals surface area contributed by atoms with E-state index in [1.165, 1.54) is 12.1 Å². The van der Waals surface area contributed by atoms with Gasteiger partial charge in [0.1, 0.15) is 17.4 Å². The van der Waals surface area contributed by atoms with E-state index in [0.29, 0.717) is 11.3 Å². The molecule has 10 heteroatoms. The first-order chi connectivity index (χ1) is 13.2. The molecule has 148 valence electrons. The molecule has 1 aliphatic heterocycles. The highest BCUT2D eigenvalue weighted by molar-refractivity contribution is 7.91. The SMILES string of the molecule is Cc1cc2c(cc1S(=O)(=O)CCC(=O)Nc1cc(F)ccc1F)OCC(=O)N2. The quantitative estimate of drug-likeness (QED) is 0.788. The Morgan fingerprint density at radius 1 is 1.25 bits per heavy atom. The zero-order valence-corrected chi connectivity index (χ0v) is 15.5. The lowest BCUT2D eigenvalue weighted by Gasteiger charge is -2.20. The van der Waals surface area contributed by atoms with Crippen LogP contribution in [0, 0.1) is 18.6 Å². The van der Waals surface area contributed by atoms with Crippen LogP contribution in [0.3, 0.4) is 0 Å². The molecule has 0 aliphatic carbocycles. The number of hydrogen-bond acceptors (Lipinski definition) is 5. The second-order valence-electron chi connectivity index (χ2n) is 6.19. The van der Waals surface area contributed by atoms with Gasteiger partial charge in [-0.3, -0.25) is 9.59 Å². The van der Waals surface area contributed by atoms with Crippen molar-refractivity contribution in [2.75, 3.05) is 23.0 Å². The molecule has 0 saturated heterocycles. The number of benzene rings is 2. The van der Waals surface area contributed by atoms with Gasteiger partial charge in [0.05, 0.1) is 22.0 Å². The zero-order valence-electron chi connectivity index (χ0n) is 14.7. The van der Waals surface area contributed by atoms with Gasteiger partial charge in [0.2, 0.25) is 5.91 Å². The van der Waals surface area contributed by atoms with Crippen molar-refractivity contribution in [2.45, 2.75) is 18.2 Å². The monoisotopic (exact) mass is 410 g/mol. The Kier molecular flexibility index (Phi) is 5.32. The summed E-state index contributed by atoms with van der Waals surface area (Å²) in [5, 5.41) is 4.73. The van der Waals surface area contributed by atoms with Gasteiger partial charge in [0, 0.05) is 18.6 Å². The summed E-state index contributed by atoms with van der Waals surface area (Å²) in [4.78, 5) is 23.3. The lowest BCUT2D eigenvalue weighted by atomic mass is 10.2. The van der Waals surface area contributed by atoms with E-state index in [1.54, 1.807) is 6.92 Å². The van der Waals surface area contributed by atoms with E-state index < -0.39 is 39.6 Å². The van der Waals surface area contributed by atoms with Crippen molar-refractivity contribution >= 4 is 33.0 Å². The molecule has 0 atom stereocenters. The average molecular weight is 410 g/mol. The minimum atomic E-state index is -3.86. The maximum absolute atomic E-state index is 13.6. The number of halogens is 2. The van der Waals surface area contributed by atoms with Crippen molar-refractivity contribution < 1.29 is 31.5 Å². The molecule has 7 nitrogen and oxygen atoms in total. The molecule has 0 unspecified atom stereocenters. The van der Waals surface area contributed by atoms with Crippen LogP contribution in [0.25, 0.3) is 0 Å². The Morgan fingerprint density at radius 2 is 2.00 bits per heavy atom. The molecule has 0 fully saturated rings. The summed E-state index contributed by atoms with van der Waals surface area (Å²) >= 11 is 0. The Bertz CT molecular complexity index is 1070. The van der Waals surface area contributed by atoms with E-state index in [4.69, 9.17) is 4.74 Å². The molecule has 2 aromatic rings. The molecule has 0 bridgehead atoms. The van der Waals surface area contributed by atoms with Gasteiger partial charge in [-0.1, -0.05) is 0 Å². The molecule has 0 spiro atoms. The smallest absolute Gasteiger partial charge is 0.262 e. The molecule has 0 radical (unpaired) electrons. The minimum absolute atomic E-state index is 0.0351. The molecule has 0 aromatic heterocycles. The fraction of sp³-hybridized carbons (Fsp3) is 0.222. The Hall–Kier alpha value is -3.01. The van der Waals surface area contributed by atoms with Gasteiger partial charge in [-0.15, -0.1) is 0 Å². The van der Waals surface area contributed by atoms with Gasteiger partial charge in [0.15, 0.2) is 16.4 Å². The van der Waals surface area contributed by atoms with Crippen LogP contribution in [0.2, 0.25) is 0 Å². The van der Waals surface area contributed by atoms with Crippen LogP contribution in [0.4, 0.5) is 20.2 Å². The van der Waals surface area contributed by atoms with Gasteiger partial charge in [-0.05, 0) is 30.7 Å². The van der Waals surface area contributed by atoms with E-state index >= 15 is 0 Å². The average Bonchev–Trinajstić information content (AvgIpc) is 2.62. The first-order valence-electron chi connectivity index (χ1n) is 8.20. The molecule has 1 heterocycles. The summed E-state index contributed by atoms with van der Waals surface area (Å²) in [5.41, 5.74) is 0.379. The zero-order chi connectivity index (χ0) is 20.5. The van der Waals surface area contributed by atoms with Crippen molar-refractivity contribution in [3.8, 4) is 5.75 Å². The minimum Gasteiger partial charge on any atom is -0.482 e. The van der Waals surface area contributed by atoms with Crippen LogP contribution in [-0.4, -0.2) is 32.6 Å². The molecule has 1 aliphatic rings. The Balaban J connectivity index is 1.73. The number of aryl methyl sites for hydroxylation is 1. The van der Waals surface area contributed by atoms with E-state index in [0.717, 1.165) is 18.2 Å². The molecule has 3 rings (SSSR count). The number of ether oxygens (including phenoxy) is 1. The van der Waals surface area contributed by atoms with E-state index in [-0.39, 0.29) is 28.8 Å². The number of sulfone groups is 1. The fourth-order valence-corrected chi connectivity index (χ4v) is 4.20. The van der Waals surface area contributed by atoms with Gasteiger partial charge < -0.3 is 15.4 Å². The van der Waals surface area contributed by atoms with E-state index in [1.807, 2.05) is 0 Å². The predicted octanol–water partition coefficient (Wildman–Crippen LogP) is 2.41. The van der Waals surface area contributed by atoms with Crippen LogP contribution >= 0.6 is 0 Å². The number of carbonyl (C=O) groups excluding carboxylic acids is 2. The number of fused-ring (bicyclic) bond motifs is 1. The molecule has 2 N–H and O–H groups in total. The largest absolute Gasteiger partial charge is 0.482 e. The van der Waals surface area contributed by atoms with Gasteiger partial charge >= 0.3 is 0 Å². The summed E-state index contributed by atoms with van der Waals surface area (Å²) in [7, 11) is -3.86. The number of carbonyl (C=O) groups is 2. The number of anilines is 2. The Morgan fingerprint density at radius 3 is 2.75 bits per heavy atom. The van der Waals surface area contributed by atoms with Crippen molar-refractivity contribution in [3.05, 3.63) is 47.5 Å². The van der Waals surface area contributed by atoms with Gasteiger partial charge in [-0.2, -0.15) is 0 Å². The maximum Gasteiger partial charge on any atom is 0.262 e. The Labute approximate surface area is 159 Å². The topological polar surface area (TPSA) is 102 Å². The highest BCUT2D eigenvalue weighted by Crippen LogP contribution is 2.33. The third kappa shape index (κ3) is 4.28. The summed E-state index contributed by atoms with van der Waals surface area (Å²) in [6.45, 7) is 1.33. The van der Waals surface area contributed by atoms with Crippen LogP contribution in [-0.2, 0) is 19.4 Å². The van der Waals surface area contributed by atoms with Crippen molar-refractivity contribution in [2.24, 2.45) is 0 Å².